The van der Waals surface area contributed by atoms with E-state index in [9.17, 15) is 0 Å². The third-order valence-corrected chi connectivity index (χ3v) is 4.10. The third kappa shape index (κ3) is 2.49. The van der Waals surface area contributed by atoms with Gasteiger partial charge in [0.25, 0.3) is 0 Å². The summed E-state index contributed by atoms with van der Waals surface area (Å²) in [5.41, 5.74) is 1.95. The molecule has 0 aliphatic carbocycles. The highest BCUT2D eigenvalue weighted by Gasteiger charge is 2.20. The van der Waals surface area contributed by atoms with E-state index in [0.29, 0.717) is 6.04 Å². The summed E-state index contributed by atoms with van der Waals surface area (Å²) in [6.07, 6.45) is 4.89. The number of hydrogen-bond acceptors (Lipinski definition) is 5. The van der Waals surface area contributed by atoms with Crippen LogP contribution in [0, 0.1) is 0 Å². The Kier molecular flexibility index (Phi) is 3.27. The molecule has 21 heavy (non-hydrogen) atoms. The molecule has 0 radical (unpaired) electrons. The summed E-state index contributed by atoms with van der Waals surface area (Å²) in [5, 5.41) is 7.78. The number of rotatable bonds is 2. The van der Waals surface area contributed by atoms with Crippen molar-refractivity contribution in [3.63, 3.8) is 0 Å². The van der Waals surface area contributed by atoms with E-state index in [2.05, 4.69) is 10.5 Å². The summed E-state index contributed by atoms with van der Waals surface area (Å²) in [7, 11) is 0. The molecular weight excluding hydrogens is 268 g/mol. The van der Waals surface area contributed by atoms with Crippen molar-refractivity contribution >= 4 is 0 Å². The first-order valence-corrected chi connectivity index (χ1v) is 7.50. The fourth-order valence-corrected chi connectivity index (χ4v) is 2.92. The van der Waals surface area contributed by atoms with Crippen LogP contribution in [0.15, 0.2) is 28.8 Å². The fourth-order valence-electron chi connectivity index (χ4n) is 2.92. The van der Waals surface area contributed by atoms with Crippen LogP contribution in [0.1, 0.15) is 37.4 Å². The van der Waals surface area contributed by atoms with E-state index in [0.717, 1.165) is 41.5 Å². The maximum atomic E-state index is 5.52. The van der Waals surface area contributed by atoms with Gasteiger partial charge in [-0.1, -0.05) is 18.0 Å². The first-order valence-electron chi connectivity index (χ1n) is 7.50. The maximum Gasteiger partial charge on any atom is 0.231 e. The minimum absolute atomic E-state index is 0.284. The number of aromatic nitrogens is 1. The van der Waals surface area contributed by atoms with Gasteiger partial charge in [0.2, 0.25) is 6.79 Å². The van der Waals surface area contributed by atoms with E-state index >= 15 is 0 Å². The summed E-state index contributed by atoms with van der Waals surface area (Å²) in [6.45, 7) is 1.34. The lowest BCUT2D eigenvalue weighted by atomic mass is 10.1. The van der Waals surface area contributed by atoms with Gasteiger partial charge in [-0.3, -0.25) is 0 Å². The number of ether oxygens (including phenoxy) is 2. The molecule has 1 N–H and O–H groups in total. The summed E-state index contributed by atoms with van der Waals surface area (Å²) >= 11 is 0. The van der Waals surface area contributed by atoms with Crippen molar-refractivity contribution in [1.82, 2.24) is 10.5 Å². The quantitative estimate of drug-likeness (QED) is 0.918. The second kappa shape index (κ2) is 5.41. The van der Waals surface area contributed by atoms with Gasteiger partial charge in [-0.25, -0.2) is 0 Å². The average Bonchev–Trinajstić information content (AvgIpc) is 3.10. The van der Waals surface area contributed by atoms with Crippen molar-refractivity contribution < 1.29 is 14.0 Å². The molecule has 5 nitrogen and oxygen atoms in total. The van der Waals surface area contributed by atoms with Crippen molar-refractivity contribution in [3.05, 3.63) is 30.0 Å². The van der Waals surface area contributed by atoms with Crippen LogP contribution in [-0.4, -0.2) is 18.5 Å². The smallest absolute Gasteiger partial charge is 0.231 e. The molecule has 1 atom stereocenters. The molecule has 110 valence electrons. The molecule has 1 aromatic heterocycles. The molecule has 2 aliphatic heterocycles. The highest BCUT2D eigenvalue weighted by atomic mass is 16.7. The van der Waals surface area contributed by atoms with E-state index in [1.807, 2.05) is 24.3 Å². The molecule has 1 fully saturated rings. The summed E-state index contributed by atoms with van der Waals surface area (Å²) < 4.78 is 16.2. The molecule has 0 saturated carbocycles. The molecular formula is C16H18N2O3. The minimum Gasteiger partial charge on any atom is -0.454 e. The summed E-state index contributed by atoms with van der Waals surface area (Å²) in [4.78, 5) is 0. The van der Waals surface area contributed by atoms with Crippen LogP contribution in [-0.2, 0) is 0 Å². The van der Waals surface area contributed by atoms with Gasteiger partial charge >= 0.3 is 0 Å². The van der Waals surface area contributed by atoms with Crippen LogP contribution in [0.25, 0.3) is 11.3 Å². The molecule has 2 aliphatic rings. The SMILES string of the molecule is c1cc2c(cc1-c1cc(C3CCCCCN3)no1)OCO2. The number of hydrogen-bond donors (Lipinski definition) is 1. The Morgan fingerprint density at radius 2 is 2.00 bits per heavy atom. The van der Waals surface area contributed by atoms with Gasteiger partial charge in [0.1, 0.15) is 5.69 Å². The van der Waals surface area contributed by atoms with E-state index in [4.69, 9.17) is 14.0 Å². The standard InChI is InChI=1S/C16H18N2O3/c1-2-4-12(17-7-3-1)13-9-15(21-18-13)11-5-6-14-16(8-11)20-10-19-14/h5-6,8-9,12,17H,1-4,7,10H2. The Hall–Kier alpha value is -2.01. The zero-order valence-electron chi connectivity index (χ0n) is 11.8. The normalized spacial score (nSPS) is 21.2. The second-order valence-corrected chi connectivity index (χ2v) is 5.54. The largest absolute Gasteiger partial charge is 0.454 e. The number of benzene rings is 1. The van der Waals surface area contributed by atoms with Gasteiger partial charge in [-0.2, -0.15) is 0 Å². The van der Waals surface area contributed by atoms with Crippen molar-refractivity contribution in [2.75, 3.05) is 13.3 Å². The van der Waals surface area contributed by atoms with E-state index in [-0.39, 0.29) is 6.79 Å². The number of fused-ring (bicyclic) bond motifs is 1. The van der Waals surface area contributed by atoms with Crippen LogP contribution >= 0.6 is 0 Å². The Balaban J connectivity index is 1.59. The predicted octanol–water partition coefficient (Wildman–Crippen LogP) is 3.28. The first kappa shape index (κ1) is 12.7. The molecule has 1 unspecified atom stereocenters. The molecule has 1 saturated heterocycles. The van der Waals surface area contributed by atoms with E-state index < -0.39 is 0 Å². The van der Waals surface area contributed by atoms with Gasteiger partial charge in [0.05, 0.1) is 6.04 Å². The Morgan fingerprint density at radius 3 is 3.00 bits per heavy atom. The molecule has 1 aromatic carbocycles. The highest BCUT2D eigenvalue weighted by molar-refractivity contribution is 5.63. The van der Waals surface area contributed by atoms with E-state index in [1.165, 1.54) is 19.3 Å². The molecule has 0 spiro atoms. The highest BCUT2D eigenvalue weighted by Crippen LogP contribution is 2.36. The average molecular weight is 286 g/mol. The Bertz CT molecular complexity index is 630. The fraction of sp³-hybridized carbons (Fsp3) is 0.438. The van der Waals surface area contributed by atoms with Crippen LogP contribution in [0.3, 0.4) is 0 Å². The van der Waals surface area contributed by atoms with Gasteiger partial charge in [-0.05, 0) is 37.6 Å². The van der Waals surface area contributed by atoms with Gasteiger partial charge < -0.3 is 19.3 Å². The topological polar surface area (TPSA) is 56.5 Å². The van der Waals surface area contributed by atoms with Crippen LogP contribution in [0.2, 0.25) is 0 Å². The molecule has 2 aromatic rings. The van der Waals surface area contributed by atoms with Crippen molar-refractivity contribution in [1.29, 1.82) is 0 Å². The Morgan fingerprint density at radius 1 is 1.05 bits per heavy atom. The van der Waals surface area contributed by atoms with E-state index in [1.54, 1.807) is 0 Å². The molecule has 3 heterocycles. The number of nitrogens with one attached hydrogen (secondary N) is 1. The lowest BCUT2D eigenvalue weighted by molar-refractivity contribution is 0.174. The minimum atomic E-state index is 0.284. The van der Waals surface area contributed by atoms with Crippen LogP contribution in [0.5, 0.6) is 11.5 Å². The summed E-state index contributed by atoms with van der Waals surface area (Å²) in [6, 6.07) is 8.15. The molecule has 4 rings (SSSR count). The van der Waals surface area contributed by atoms with Gasteiger partial charge in [-0.15, -0.1) is 0 Å². The zero-order chi connectivity index (χ0) is 14.1. The first-order chi connectivity index (χ1) is 10.4. The van der Waals surface area contributed by atoms with Crippen molar-refractivity contribution in [3.8, 4) is 22.8 Å². The Labute approximate surface area is 123 Å². The van der Waals surface area contributed by atoms with Crippen LogP contribution < -0.4 is 14.8 Å². The van der Waals surface area contributed by atoms with Gasteiger partial charge in [0, 0.05) is 11.6 Å². The monoisotopic (exact) mass is 286 g/mol. The van der Waals surface area contributed by atoms with Crippen molar-refractivity contribution in [2.45, 2.75) is 31.7 Å². The summed E-state index contributed by atoms with van der Waals surface area (Å²) in [5.74, 6) is 2.32. The molecule has 0 amide bonds. The molecule has 5 heteroatoms. The van der Waals surface area contributed by atoms with Crippen LogP contribution in [0.4, 0.5) is 0 Å². The van der Waals surface area contributed by atoms with Gasteiger partial charge in [0.15, 0.2) is 17.3 Å². The lowest BCUT2D eigenvalue weighted by Gasteiger charge is -2.11. The zero-order valence-corrected chi connectivity index (χ0v) is 11.8. The van der Waals surface area contributed by atoms with Crippen molar-refractivity contribution in [2.24, 2.45) is 0 Å². The third-order valence-electron chi connectivity index (χ3n) is 4.10. The number of nitrogens with zero attached hydrogens (tertiary/aromatic N) is 1. The molecule has 0 bridgehead atoms. The second-order valence-electron chi connectivity index (χ2n) is 5.54. The predicted molar refractivity (Wildman–Crippen MR) is 77.3 cm³/mol. The lowest BCUT2D eigenvalue weighted by Crippen LogP contribution is -2.20. The maximum absolute atomic E-state index is 5.52.